The second kappa shape index (κ2) is 5.34. The van der Waals surface area contributed by atoms with Gasteiger partial charge in [0.15, 0.2) is 0 Å². The predicted octanol–water partition coefficient (Wildman–Crippen LogP) is 3.89. The maximum Gasteiger partial charge on any atom is 0.333 e. The molecule has 6 rings (SSSR count). The zero-order chi connectivity index (χ0) is 16.1. The number of thiazole rings is 1. The van der Waals surface area contributed by atoms with E-state index in [9.17, 15) is 4.79 Å². The third kappa shape index (κ3) is 2.53. The van der Waals surface area contributed by atoms with Crippen molar-refractivity contribution in [1.82, 2.24) is 15.7 Å². The third-order valence-electron chi connectivity index (χ3n) is 5.99. The summed E-state index contributed by atoms with van der Waals surface area (Å²) in [5.41, 5.74) is 6.73. The van der Waals surface area contributed by atoms with Crippen molar-refractivity contribution >= 4 is 32.7 Å². The van der Waals surface area contributed by atoms with Gasteiger partial charge in [0.05, 0.1) is 10.2 Å². The monoisotopic (exact) mass is 342 g/mol. The zero-order valence-corrected chi connectivity index (χ0v) is 14.4. The number of para-hydroxylation sites is 1. The van der Waals surface area contributed by atoms with E-state index in [2.05, 4.69) is 21.2 Å². The molecule has 6 heteroatoms. The molecule has 3 N–H and O–H groups in total. The topological polar surface area (TPSA) is 66.0 Å². The Bertz CT molecular complexity index is 718. The van der Waals surface area contributed by atoms with Crippen molar-refractivity contribution < 1.29 is 4.79 Å². The number of nitrogens with one attached hydrogen (secondary N) is 3. The number of anilines is 1. The molecule has 4 bridgehead atoms. The fourth-order valence-electron chi connectivity index (χ4n) is 5.57. The van der Waals surface area contributed by atoms with Crippen molar-refractivity contribution in [1.29, 1.82) is 0 Å². The van der Waals surface area contributed by atoms with Gasteiger partial charge in [0, 0.05) is 5.54 Å². The Hall–Kier alpha value is -1.82. The first-order chi connectivity index (χ1) is 11.7. The Morgan fingerprint density at radius 2 is 1.75 bits per heavy atom. The Labute approximate surface area is 145 Å². The number of nitrogens with zero attached hydrogens (tertiary/aromatic N) is 1. The molecule has 4 saturated carbocycles. The molecule has 4 aliphatic rings. The molecule has 0 spiro atoms. The first kappa shape index (κ1) is 14.5. The standard InChI is InChI=1S/C18H22N4OS/c23-16(21-22-17-19-14-3-1-2-4-15(14)24-17)20-18-8-11-5-12(9-18)7-13(6-11)10-18/h1-4,11-13H,5-10H2,(H,19,22)(H2,20,21,23). The highest BCUT2D eigenvalue weighted by Crippen LogP contribution is 2.55. The van der Waals surface area contributed by atoms with Gasteiger partial charge in [-0.1, -0.05) is 23.5 Å². The van der Waals surface area contributed by atoms with Gasteiger partial charge in [-0.25, -0.2) is 15.2 Å². The molecule has 1 aromatic heterocycles. The molecule has 1 heterocycles. The normalized spacial score (nSPS) is 33.6. The summed E-state index contributed by atoms with van der Waals surface area (Å²) in [4.78, 5) is 16.9. The number of rotatable bonds is 3. The van der Waals surface area contributed by atoms with Crippen molar-refractivity contribution in [2.75, 3.05) is 5.43 Å². The van der Waals surface area contributed by atoms with E-state index in [0.29, 0.717) is 0 Å². The van der Waals surface area contributed by atoms with Gasteiger partial charge in [0.25, 0.3) is 0 Å². The first-order valence-electron chi connectivity index (χ1n) is 8.87. The number of hydrogen-bond donors (Lipinski definition) is 3. The van der Waals surface area contributed by atoms with E-state index in [4.69, 9.17) is 0 Å². The zero-order valence-electron chi connectivity index (χ0n) is 13.5. The van der Waals surface area contributed by atoms with Crippen molar-refractivity contribution in [3.05, 3.63) is 24.3 Å². The van der Waals surface area contributed by atoms with E-state index >= 15 is 0 Å². The van der Waals surface area contributed by atoms with Gasteiger partial charge in [0.2, 0.25) is 5.13 Å². The van der Waals surface area contributed by atoms with Crippen LogP contribution in [0.5, 0.6) is 0 Å². The van der Waals surface area contributed by atoms with E-state index in [0.717, 1.165) is 52.4 Å². The van der Waals surface area contributed by atoms with Crippen LogP contribution in [-0.2, 0) is 0 Å². The largest absolute Gasteiger partial charge is 0.333 e. The minimum absolute atomic E-state index is 0.0358. The Balaban J connectivity index is 1.23. The maximum atomic E-state index is 12.4. The SMILES string of the molecule is O=C(NNc1nc2ccccc2s1)NC12CC3CC(CC(C3)C1)C2. The molecule has 126 valence electrons. The van der Waals surface area contributed by atoms with Gasteiger partial charge in [-0.3, -0.25) is 5.43 Å². The van der Waals surface area contributed by atoms with Crippen molar-refractivity contribution in [3.63, 3.8) is 0 Å². The first-order valence-corrected chi connectivity index (χ1v) is 9.69. The van der Waals surface area contributed by atoms with Gasteiger partial charge in [-0.2, -0.15) is 0 Å². The van der Waals surface area contributed by atoms with Crippen LogP contribution in [0.4, 0.5) is 9.93 Å². The quantitative estimate of drug-likeness (QED) is 0.741. The molecular weight excluding hydrogens is 320 g/mol. The number of carbonyl (C=O) groups is 1. The van der Waals surface area contributed by atoms with Crippen LogP contribution in [0.1, 0.15) is 38.5 Å². The average Bonchev–Trinajstić information content (AvgIpc) is 2.94. The molecular formula is C18H22N4OS. The second-order valence-electron chi connectivity index (χ2n) is 7.89. The molecule has 0 saturated heterocycles. The van der Waals surface area contributed by atoms with Crippen molar-refractivity contribution in [2.24, 2.45) is 17.8 Å². The fraction of sp³-hybridized carbons (Fsp3) is 0.556. The molecule has 1 aromatic carbocycles. The third-order valence-corrected chi connectivity index (χ3v) is 6.95. The Morgan fingerprint density at radius 1 is 1.08 bits per heavy atom. The summed E-state index contributed by atoms with van der Waals surface area (Å²) in [6.07, 6.45) is 7.63. The summed E-state index contributed by atoms with van der Waals surface area (Å²) in [5, 5.41) is 4.01. The van der Waals surface area contributed by atoms with E-state index in [1.165, 1.54) is 19.3 Å². The summed E-state index contributed by atoms with van der Waals surface area (Å²) in [5.74, 6) is 2.48. The molecule has 4 fully saturated rings. The van der Waals surface area contributed by atoms with E-state index in [1.807, 2.05) is 24.3 Å². The smallest absolute Gasteiger partial charge is 0.331 e. The van der Waals surface area contributed by atoms with Gasteiger partial charge >= 0.3 is 6.03 Å². The van der Waals surface area contributed by atoms with Crippen LogP contribution >= 0.6 is 11.3 Å². The lowest BCUT2D eigenvalue weighted by molar-refractivity contribution is -0.0134. The number of urea groups is 1. The highest BCUT2D eigenvalue weighted by atomic mass is 32.1. The summed E-state index contributed by atoms with van der Waals surface area (Å²) in [6, 6.07) is 7.85. The number of hydrazine groups is 1. The lowest BCUT2D eigenvalue weighted by Gasteiger charge is -2.56. The molecule has 2 amide bonds. The van der Waals surface area contributed by atoms with Crippen LogP contribution in [0.15, 0.2) is 24.3 Å². The summed E-state index contributed by atoms with van der Waals surface area (Å²) >= 11 is 1.54. The predicted molar refractivity (Wildman–Crippen MR) is 95.8 cm³/mol. The Morgan fingerprint density at radius 3 is 2.42 bits per heavy atom. The lowest BCUT2D eigenvalue weighted by atomic mass is 9.53. The number of benzene rings is 1. The van der Waals surface area contributed by atoms with E-state index < -0.39 is 0 Å². The summed E-state index contributed by atoms with van der Waals surface area (Å²) in [6.45, 7) is 0. The molecule has 2 aromatic rings. The summed E-state index contributed by atoms with van der Waals surface area (Å²) in [7, 11) is 0. The number of hydrogen-bond acceptors (Lipinski definition) is 4. The average molecular weight is 342 g/mol. The van der Waals surface area contributed by atoms with Crippen LogP contribution in [0.2, 0.25) is 0 Å². The van der Waals surface area contributed by atoms with Gasteiger partial charge in [-0.15, -0.1) is 0 Å². The molecule has 0 radical (unpaired) electrons. The number of carbonyl (C=O) groups excluding carboxylic acids is 1. The highest BCUT2D eigenvalue weighted by molar-refractivity contribution is 7.22. The molecule has 0 unspecified atom stereocenters. The Kier molecular flexibility index (Phi) is 3.23. The van der Waals surface area contributed by atoms with Crippen molar-refractivity contribution in [2.45, 2.75) is 44.1 Å². The number of aromatic nitrogens is 1. The highest BCUT2D eigenvalue weighted by Gasteiger charge is 2.51. The van der Waals surface area contributed by atoms with Crippen LogP contribution in [-0.4, -0.2) is 16.6 Å². The molecule has 24 heavy (non-hydrogen) atoms. The van der Waals surface area contributed by atoms with E-state index in [-0.39, 0.29) is 11.6 Å². The maximum absolute atomic E-state index is 12.4. The summed E-state index contributed by atoms with van der Waals surface area (Å²) < 4.78 is 1.11. The molecule has 4 aliphatic carbocycles. The number of amides is 2. The minimum atomic E-state index is -0.129. The van der Waals surface area contributed by atoms with Crippen LogP contribution < -0.4 is 16.2 Å². The molecule has 5 nitrogen and oxygen atoms in total. The van der Waals surface area contributed by atoms with E-state index in [1.54, 1.807) is 11.3 Å². The minimum Gasteiger partial charge on any atom is -0.331 e. The lowest BCUT2D eigenvalue weighted by Crippen LogP contribution is -2.61. The van der Waals surface area contributed by atoms with Crippen LogP contribution in [0.25, 0.3) is 10.2 Å². The van der Waals surface area contributed by atoms with Gasteiger partial charge in [-0.05, 0) is 68.4 Å². The van der Waals surface area contributed by atoms with Crippen molar-refractivity contribution in [3.8, 4) is 0 Å². The van der Waals surface area contributed by atoms with Gasteiger partial charge in [0.1, 0.15) is 0 Å². The molecule has 0 atom stereocenters. The van der Waals surface area contributed by atoms with Gasteiger partial charge < -0.3 is 5.32 Å². The van der Waals surface area contributed by atoms with Crippen LogP contribution in [0, 0.1) is 17.8 Å². The number of fused-ring (bicyclic) bond motifs is 1. The molecule has 0 aliphatic heterocycles. The van der Waals surface area contributed by atoms with Crippen LogP contribution in [0.3, 0.4) is 0 Å². The fourth-order valence-corrected chi connectivity index (χ4v) is 6.39. The second-order valence-corrected chi connectivity index (χ2v) is 8.92.